The lowest BCUT2D eigenvalue weighted by atomic mass is 9.99. The molecule has 1 saturated heterocycles. The second-order valence-corrected chi connectivity index (χ2v) is 18.0. The van der Waals surface area contributed by atoms with Crippen LogP contribution in [0.5, 0.6) is 0 Å². The number of hydrogen-bond donors (Lipinski definition) is 4. The van der Waals surface area contributed by atoms with E-state index < -0.39 is 49.4 Å². The summed E-state index contributed by atoms with van der Waals surface area (Å²) >= 11 is 0. The van der Waals surface area contributed by atoms with E-state index in [4.69, 9.17) is 18.9 Å². The van der Waals surface area contributed by atoms with Crippen molar-refractivity contribution in [2.75, 3.05) is 19.8 Å². The van der Waals surface area contributed by atoms with Crippen LogP contribution in [0.1, 0.15) is 239 Å². The normalized spacial score (nSPS) is 19.7. The van der Waals surface area contributed by atoms with Crippen molar-refractivity contribution in [3.8, 4) is 0 Å². The monoisotopic (exact) mass is 881 g/mol. The Morgan fingerprint density at radius 3 is 1.37 bits per heavy atom. The molecule has 364 valence electrons. The molecular weight excluding hydrogens is 785 g/mol. The maximum Gasteiger partial charge on any atom is 0.306 e. The Hall–Kier alpha value is -1.82. The Morgan fingerprint density at radius 2 is 0.903 bits per heavy atom. The Morgan fingerprint density at radius 1 is 0.500 bits per heavy atom. The molecule has 0 spiro atoms. The molecule has 0 aromatic carbocycles. The first-order valence-corrected chi connectivity index (χ1v) is 25.9. The molecule has 1 aliphatic heterocycles. The number of aliphatic hydroxyl groups excluding tert-OH is 4. The number of allylic oxidation sites excluding steroid dienone is 4. The summed E-state index contributed by atoms with van der Waals surface area (Å²) in [4.78, 5) is 25.4. The number of esters is 2. The fraction of sp³-hybridized carbons (Fsp3) is 0.885. The molecule has 4 N–H and O–H groups in total. The molecule has 0 aliphatic carbocycles. The molecule has 0 radical (unpaired) electrons. The first kappa shape index (κ1) is 58.2. The van der Waals surface area contributed by atoms with Crippen molar-refractivity contribution in [3.05, 3.63) is 24.3 Å². The predicted molar refractivity (Wildman–Crippen MR) is 252 cm³/mol. The predicted octanol–water partition coefficient (Wildman–Crippen LogP) is 12.1. The van der Waals surface area contributed by atoms with Gasteiger partial charge in [-0.1, -0.05) is 205 Å². The highest BCUT2D eigenvalue weighted by Crippen LogP contribution is 2.23. The summed E-state index contributed by atoms with van der Waals surface area (Å²) in [6.07, 6.45) is 41.8. The minimum absolute atomic E-state index is 0.216. The summed E-state index contributed by atoms with van der Waals surface area (Å²) < 4.78 is 22.2. The van der Waals surface area contributed by atoms with Crippen LogP contribution in [0.25, 0.3) is 0 Å². The molecule has 0 aromatic rings. The van der Waals surface area contributed by atoms with Gasteiger partial charge in [-0.2, -0.15) is 0 Å². The van der Waals surface area contributed by atoms with Crippen LogP contribution < -0.4 is 0 Å². The third-order valence-electron chi connectivity index (χ3n) is 12.1. The van der Waals surface area contributed by atoms with E-state index in [1.54, 1.807) is 0 Å². The molecule has 0 saturated carbocycles. The lowest BCUT2D eigenvalue weighted by Gasteiger charge is -2.39. The van der Waals surface area contributed by atoms with E-state index in [1.807, 2.05) is 0 Å². The molecule has 10 heteroatoms. The van der Waals surface area contributed by atoms with Gasteiger partial charge in [0.15, 0.2) is 12.4 Å². The van der Waals surface area contributed by atoms with Gasteiger partial charge in [0.2, 0.25) is 0 Å². The highest BCUT2D eigenvalue weighted by atomic mass is 16.7. The van der Waals surface area contributed by atoms with E-state index in [-0.39, 0.29) is 32.0 Å². The molecule has 62 heavy (non-hydrogen) atoms. The van der Waals surface area contributed by atoms with Crippen LogP contribution in [-0.2, 0) is 28.5 Å². The van der Waals surface area contributed by atoms with Gasteiger partial charge in [-0.3, -0.25) is 9.59 Å². The molecule has 10 nitrogen and oxygen atoms in total. The topological polar surface area (TPSA) is 152 Å². The first-order valence-electron chi connectivity index (χ1n) is 25.9. The highest BCUT2D eigenvalue weighted by Gasteiger charge is 2.44. The van der Waals surface area contributed by atoms with E-state index >= 15 is 0 Å². The van der Waals surface area contributed by atoms with Gasteiger partial charge in [0.05, 0.1) is 13.2 Å². The number of hydrogen-bond acceptors (Lipinski definition) is 10. The number of rotatable bonds is 44. The van der Waals surface area contributed by atoms with Crippen LogP contribution in [0.3, 0.4) is 0 Å². The van der Waals surface area contributed by atoms with Crippen molar-refractivity contribution in [2.24, 2.45) is 0 Å². The Bertz CT molecular complexity index is 1060. The van der Waals surface area contributed by atoms with E-state index in [1.165, 1.54) is 154 Å². The average Bonchev–Trinajstić information content (AvgIpc) is 3.27. The Labute approximate surface area is 379 Å². The summed E-state index contributed by atoms with van der Waals surface area (Å²) in [5, 5.41) is 40.2. The lowest BCUT2D eigenvalue weighted by Crippen LogP contribution is -2.59. The Balaban J connectivity index is 2.25. The lowest BCUT2D eigenvalue weighted by molar-refractivity contribution is -0.305. The molecule has 0 bridgehead atoms. The van der Waals surface area contributed by atoms with Gasteiger partial charge in [-0.15, -0.1) is 0 Å². The van der Waals surface area contributed by atoms with Crippen molar-refractivity contribution in [1.29, 1.82) is 0 Å². The summed E-state index contributed by atoms with van der Waals surface area (Å²) in [5.74, 6) is -0.803. The van der Waals surface area contributed by atoms with Crippen molar-refractivity contribution in [1.82, 2.24) is 0 Å². The minimum atomic E-state index is -1.59. The number of carbonyl (C=O) groups is 2. The van der Waals surface area contributed by atoms with E-state index in [9.17, 15) is 30.0 Å². The maximum absolute atomic E-state index is 12.8. The summed E-state index contributed by atoms with van der Waals surface area (Å²) in [5.41, 5.74) is 0. The zero-order chi connectivity index (χ0) is 45.1. The van der Waals surface area contributed by atoms with Crippen molar-refractivity contribution >= 4 is 11.9 Å². The van der Waals surface area contributed by atoms with Gasteiger partial charge in [0.1, 0.15) is 31.0 Å². The van der Waals surface area contributed by atoms with Crippen LogP contribution in [0.2, 0.25) is 0 Å². The fourth-order valence-electron chi connectivity index (χ4n) is 7.99. The second kappa shape index (κ2) is 43.1. The largest absolute Gasteiger partial charge is 0.462 e. The molecule has 1 heterocycles. The van der Waals surface area contributed by atoms with E-state index in [0.29, 0.717) is 6.42 Å². The van der Waals surface area contributed by atoms with Gasteiger partial charge < -0.3 is 39.4 Å². The molecule has 6 unspecified atom stereocenters. The van der Waals surface area contributed by atoms with Gasteiger partial charge >= 0.3 is 11.9 Å². The first-order chi connectivity index (χ1) is 30.3. The van der Waals surface area contributed by atoms with E-state index in [2.05, 4.69) is 38.2 Å². The minimum Gasteiger partial charge on any atom is -0.462 e. The maximum atomic E-state index is 12.8. The third-order valence-corrected chi connectivity index (χ3v) is 12.1. The number of ether oxygens (including phenoxy) is 4. The van der Waals surface area contributed by atoms with Crippen LogP contribution in [0.4, 0.5) is 0 Å². The number of aliphatic hydroxyl groups is 4. The quantitative estimate of drug-likeness (QED) is 0.0264. The van der Waals surface area contributed by atoms with Gasteiger partial charge in [-0.05, 0) is 44.9 Å². The molecule has 1 fully saturated rings. The summed E-state index contributed by atoms with van der Waals surface area (Å²) in [7, 11) is 0. The SMILES string of the molecule is CCCCC/C=C\C/C=C\CCCCCCCCCC(=O)OC(COC(=O)CCCCCCCCCCCCCCCCCCCCCC)COC1OC(CO)C(O)C(O)C1O. The van der Waals surface area contributed by atoms with E-state index in [0.717, 1.165) is 51.4 Å². The smallest absolute Gasteiger partial charge is 0.306 e. The molecule has 0 aromatic heterocycles. The van der Waals surface area contributed by atoms with Crippen LogP contribution in [0, 0.1) is 0 Å². The molecule has 0 amide bonds. The standard InChI is InChI=1S/C52H96O10/c1-3-5-7-9-11-13-15-17-19-21-22-23-25-26-28-30-32-34-36-38-40-47(54)59-43-45(44-60-52-51(58)50(57)49(56)46(42-53)62-52)61-48(55)41-39-37-35-33-31-29-27-24-20-18-16-14-12-10-8-6-4-2/h12,14,18,20,45-46,49-53,56-58H,3-11,13,15-17,19,21-44H2,1-2H3/b14-12-,20-18-. The number of unbranched alkanes of at least 4 members (excludes halogenated alkanes) is 29. The Kier molecular flexibility index (Phi) is 40.4. The molecule has 1 aliphatic rings. The zero-order valence-corrected chi connectivity index (χ0v) is 39.9. The third kappa shape index (κ3) is 33.7. The summed E-state index contributed by atoms with van der Waals surface area (Å²) in [6.45, 7) is 3.43. The summed E-state index contributed by atoms with van der Waals surface area (Å²) in [6, 6.07) is 0. The molecule has 6 atom stereocenters. The average molecular weight is 881 g/mol. The molecule has 1 rings (SSSR count). The van der Waals surface area contributed by atoms with Crippen molar-refractivity contribution in [3.63, 3.8) is 0 Å². The number of carbonyl (C=O) groups excluding carboxylic acids is 2. The van der Waals surface area contributed by atoms with Gasteiger partial charge in [0, 0.05) is 12.8 Å². The van der Waals surface area contributed by atoms with Gasteiger partial charge in [-0.25, -0.2) is 0 Å². The van der Waals surface area contributed by atoms with Crippen molar-refractivity contribution in [2.45, 2.75) is 275 Å². The van der Waals surface area contributed by atoms with Crippen LogP contribution >= 0.6 is 0 Å². The highest BCUT2D eigenvalue weighted by molar-refractivity contribution is 5.70. The van der Waals surface area contributed by atoms with Crippen molar-refractivity contribution < 1.29 is 49.0 Å². The fourth-order valence-corrected chi connectivity index (χ4v) is 7.99. The zero-order valence-electron chi connectivity index (χ0n) is 39.9. The second-order valence-electron chi connectivity index (χ2n) is 18.0. The van der Waals surface area contributed by atoms with Crippen LogP contribution in [-0.4, -0.2) is 89.0 Å². The van der Waals surface area contributed by atoms with Crippen LogP contribution in [0.15, 0.2) is 24.3 Å². The van der Waals surface area contributed by atoms with Gasteiger partial charge in [0.25, 0.3) is 0 Å². The molecular formula is C52H96O10.